The molecule has 2 amide bonds. The molecule has 4 aromatic rings. The first kappa shape index (κ1) is 28.2. The van der Waals surface area contributed by atoms with Gasteiger partial charge < -0.3 is 24.4 Å². The van der Waals surface area contributed by atoms with Crippen molar-refractivity contribution in [1.82, 2.24) is 30.5 Å². The van der Waals surface area contributed by atoms with Gasteiger partial charge in [0.2, 0.25) is 11.8 Å². The van der Waals surface area contributed by atoms with Crippen LogP contribution in [-0.4, -0.2) is 51.3 Å². The monoisotopic (exact) mass is 556 g/mol. The lowest BCUT2D eigenvalue weighted by Crippen LogP contribution is -2.31. The molecule has 0 saturated carbocycles. The molecule has 1 saturated heterocycles. The second-order valence-corrected chi connectivity index (χ2v) is 10.7. The van der Waals surface area contributed by atoms with E-state index in [2.05, 4.69) is 45.5 Å². The summed E-state index contributed by atoms with van der Waals surface area (Å²) in [6.45, 7) is 8.69. The fourth-order valence-electron chi connectivity index (χ4n) is 5.00. The Bertz CT molecular complexity index is 1480. The number of pyridine rings is 1. The van der Waals surface area contributed by atoms with E-state index in [0.717, 1.165) is 43.6 Å². The summed E-state index contributed by atoms with van der Waals surface area (Å²) in [6, 6.07) is 6.98. The normalized spacial score (nSPS) is 15.0. The first-order valence-corrected chi connectivity index (χ1v) is 14.1. The quantitative estimate of drug-likeness (QED) is 0.246. The maximum atomic E-state index is 13.7. The van der Waals surface area contributed by atoms with E-state index in [9.17, 15) is 9.59 Å². The van der Waals surface area contributed by atoms with Crippen molar-refractivity contribution in [3.63, 3.8) is 0 Å². The maximum Gasteiger partial charge on any atom is 0.254 e. The van der Waals surface area contributed by atoms with Crippen molar-refractivity contribution in [2.24, 2.45) is 0 Å². The summed E-state index contributed by atoms with van der Waals surface area (Å²) >= 11 is 0. The van der Waals surface area contributed by atoms with Gasteiger partial charge in [-0.1, -0.05) is 19.9 Å². The molecule has 3 aromatic heterocycles. The van der Waals surface area contributed by atoms with Crippen molar-refractivity contribution in [3.05, 3.63) is 89.2 Å². The Labute approximate surface area is 239 Å². The van der Waals surface area contributed by atoms with Gasteiger partial charge in [-0.3, -0.25) is 14.6 Å². The summed E-state index contributed by atoms with van der Waals surface area (Å²) in [5, 5.41) is 6.38. The second-order valence-electron chi connectivity index (χ2n) is 10.7. The molecule has 1 atom stereocenters. The Morgan fingerprint density at radius 2 is 1.95 bits per heavy atom. The predicted molar refractivity (Wildman–Crippen MR) is 153 cm³/mol. The number of likely N-dealkylation sites (tertiary alicyclic amines) is 1. The molecule has 0 bridgehead atoms. The van der Waals surface area contributed by atoms with Crippen molar-refractivity contribution in [2.45, 2.75) is 58.5 Å². The molecule has 1 aromatic carbocycles. The zero-order valence-corrected chi connectivity index (χ0v) is 23.7. The number of nitrogens with one attached hydrogen (secondary N) is 2. The van der Waals surface area contributed by atoms with E-state index in [1.807, 2.05) is 19.3 Å². The molecule has 1 unspecified atom stereocenters. The van der Waals surface area contributed by atoms with E-state index in [4.69, 9.17) is 8.83 Å². The van der Waals surface area contributed by atoms with E-state index < -0.39 is 0 Å². The van der Waals surface area contributed by atoms with E-state index in [1.54, 1.807) is 29.4 Å². The van der Waals surface area contributed by atoms with Crippen LogP contribution in [0.5, 0.6) is 0 Å². The first-order chi connectivity index (χ1) is 19.9. The van der Waals surface area contributed by atoms with Crippen LogP contribution < -0.4 is 10.6 Å². The van der Waals surface area contributed by atoms with Gasteiger partial charge in [0.25, 0.3) is 11.8 Å². The summed E-state index contributed by atoms with van der Waals surface area (Å²) in [5.74, 6) is 0.862. The number of aromatic nitrogens is 3. The lowest BCUT2D eigenvalue weighted by Gasteiger charge is -2.23. The average molecular weight is 557 g/mol. The number of hydrogen-bond donors (Lipinski definition) is 2. The smallest absolute Gasteiger partial charge is 0.254 e. The van der Waals surface area contributed by atoms with Gasteiger partial charge in [-0.05, 0) is 68.0 Å². The molecule has 0 spiro atoms. The Hall–Kier alpha value is -4.31. The summed E-state index contributed by atoms with van der Waals surface area (Å²) in [4.78, 5) is 41.6. The zero-order valence-electron chi connectivity index (χ0n) is 23.7. The lowest BCUT2D eigenvalue weighted by molar-refractivity contribution is 0.0715. The highest BCUT2D eigenvalue weighted by molar-refractivity contribution is 6.01. The van der Waals surface area contributed by atoms with E-state index in [0.29, 0.717) is 47.5 Å². The Morgan fingerprint density at radius 3 is 2.71 bits per heavy atom. The van der Waals surface area contributed by atoms with Crippen LogP contribution in [0, 0.1) is 6.92 Å². The van der Waals surface area contributed by atoms with Crippen molar-refractivity contribution < 1.29 is 18.4 Å². The largest absolute Gasteiger partial charge is 0.446 e. The highest BCUT2D eigenvalue weighted by Gasteiger charge is 2.34. The molecule has 1 fully saturated rings. The number of aryl methyl sites for hydroxylation is 1. The summed E-state index contributed by atoms with van der Waals surface area (Å²) in [5.41, 5.74) is 4.45. The topological polar surface area (TPSA) is 126 Å². The maximum absolute atomic E-state index is 13.7. The molecule has 1 aliphatic heterocycles. The van der Waals surface area contributed by atoms with Crippen molar-refractivity contribution in [3.8, 4) is 11.5 Å². The predicted octanol–water partition coefficient (Wildman–Crippen LogP) is 5.04. The third-order valence-electron chi connectivity index (χ3n) is 7.18. The molecule has 1 aliphatic rings. The number of rotatable bonds is 11. The number of hydrogen-bond acceptors (Lipinski definition) is 8. The first-order valence-electron chi connectivity index (χ1n) is 14.1. The molecule has 4 heterocycles. The van der Waals surface area contributed by atoms with Gasteiger partial charge in [0.1, 0.15) is 18.6 Å². The number of carbonyl (C=O) groups is 2. The molecular weight excluding hydrogens is 520 g/mol. The Kier molecular flexibility index (Phi) is 8.88. The van der Waals surface area contributed by atoms with Crippen molar-refractivity contribution in [2.75, 3.05) is 19.6 Å². The second kappa shape index (κ2) is 12.9. The number of benzene rings is 1. The van der Waals surface area contributed by atoms with Gasteiger partial charge in [0.05, 0.1) is 11.9 Å². The van der Waals surface area contributed by atoms with Crippen LogP contribution in [0.2, 0.25) is 0 Å². The zero-order chi connectivity index (χ0) is 28.8. The van der Waals surface area contributed by atoms with E-state index in [1.165, 1.54) is 18.0 Å². The Morgan fingerprint density at radius 1 is 1.10 bits per heavy atom. The highest BCUT2D eigenvalue weighted by Crippen LogP contribution is 2.33. The van der Waals surface area contributed by atoms with Crippen LogP contribution in [0.25, 0.3) is 11.5 Å². The molecule has 2 N–H and O–H groups in total. The van der Waals surface area contributed by atoms with E-state index in [-0.39, 0.29) is 17.9 Å². The van der Waals surface area contributed by atoms with Crippen LogP contribution in [0.15, 0.2) is 64.2 Å². The fraction of sp³-hybridized carbons (Fsp3) is 0.387. The third-order valence-corrected chi connectivity index (χ3v) is 7.18. The minimum atomic E-state index is -0.261. The molecule has 41 heavy (non-hydrogen) atoms. The summed E-state index contributed by atoms with van der Waals surface area (Å²) < 4.78 is 11.1. The number of carbonyl (C=O) groups excluding carboxylic acids is 2. The van der Waals surface area contributed by atoms with Gasteiger partial charge in [0.15, 0.2) is 0 Å². The minimum absolute atomic E-state index is 0.189. The van der Waals surface area contributed by atoms with Gasteiger partial charge in [-0.25, -0.2) is 9.97 Å². The number of oxazole rings is 2. The van der Waals surface area contributed by atoms with Crippen LogP contribution in [0.3, 0.4) is 0 Å². The standard InChI is InChI=1S/C31H36N6O4/c1-20(2)26-12-22(17-33-18-26)16-32-7-5-8-34-28(38)23-13-24(29-35-9-11-40-29)15-25(14-23)31(39)37-10-4-6-27(37)30-36-21(3)19-41-30/h9,11-15,17-20,27,32H,4-8,10,16H2,1-3H3,(H,34,38). The molecule has 0 aliphatic carbocycles. The lowest BCUT2D eigenvalue weighted by atomic mass is 10.0. The van der Waals surface area contributed by atoms with Crippen LogP contribution >= 0.6 is 0 Å². The molecular formula is C31H36N6O4. The molecule has 10 nitrogen and oxygen atoms in total. The van der Waals surface area contributed by atoms with Crippen LogP contribution in [-0.2, 0) is 6.54 Å². The summed E-state index contributed by atoms with van der Waals surface area (Å²) in [6.07, 6.45) is 10.7. The van der Waals surface area contributed by atoms with Gasteiger partial charge >= 0.3 is 0 Å². The number of nitrogens with zero attached hydrogens (tertiary/aromatic N) is 4. The fourth-order valence-corrected chi connectivity index (χ4v) is 5.00. The van der Waals surface area contributed by atoms with Gasteiger partial charge in [-0.15, -0.1) is 0 Å². The summed E-state index contributed by atoms with van der Waals surface area (Å²) in [7, 11) is 0. The SMILES string of the molecule is Cc1coc(C2CCCN2C(=O)c2cc(C(=O)NCCCNCc3cncc(C(C)C)c3)cc(-c3ncco3)c2)n1. The molecule has 0 radical (unpaired) electrons. The van der Waals surface area contributed by atoms with Crippen molar-refractivity contribution in [1.29, 1.82) is 0 Å². The van der Waals surface area contributed by atoms with Gasteiger partial charge in [0, 0.05) is 48.7 Å². The Balaban J connectivity index is 1.22. The molecule has 10 heteroatoms. The minimum Gasteiger partial charge on any atom is -0.446 e. The highest BCUT2D eigenvalue weighted by atomic mass is 16.3. The van der Waals surface area contributed by atoms with Gasteiger partial charge in [-0.2, -0.15) is 0 Å². The molecule has 214 valence electrons. The van der Waals surface area contributed by atoms with Crippen molar-refractivity contribution >= 4 is 11.8 Å². The van der Waals surface area contributed by atoms with E-state index >= 15 is 0 Å². The van der Waals surface area contributed by atoms with Crippen LogP contribution in [0.1, 0.15) is 88.5 Å². The van der Waals surface area contributed by atoms with Crippen LogP contribution in [0.4, 0.5) is 0 Å². The number of amides is 2. The average Bonchev–Trinajstić information content (AvgIpc) is 3.76. The third kappa shape index (κ3) is 6.89. The molecule has 5 rings (SSSR count).